The van der Waals surface area contributed by atoms with Crippen molar-refractivity contribution >= 4 is 44.0 Å². The second-order valence-electron chi connectivity index (χ2n) is 5.77. The van der Waals surface area contributed by atoms with Gasteiger partial charge in [0.2, 0.25) is 5.91 Å². The van der Waals surface area contributed by atoms with Gasteiger partial charge in [0.05, 0.1) is 0 Å². The van der Waals surface area contributed by atoms with Gasteiger partial charge in [0.15, 0.2) is 0 Å². The first-order valence-electron chi connectivity index (χ1n) is 7.99. The Bertz CT molecular complexity index is 1110. The Morgan fingerprint density at radius 3 is 2.60 bits per heavy atom. The Hall–Kier alpha value is -2.92. The van der Waals surface area contributed by atoms with Gasteiger partial charge < -0.3 is 9.73 Å². The molecule has 5 heteroatoms. The van der Waals surface area contributed by atoms with Gasteiger partial charge >= 0.3 is 5.63 Å². The van der Waals surface area contributed by atoms with Gasteiger partial charge in [-0.2, -0.15) is 0 Å². The fourth-order valence-electron chi connectivity index (χ4n) is 2.87. The Morgan fingerprint density at radius 2 is 1.76 bits per heavy atom. The number of amides is 1. The lowest BCUT2D eigenvalue weighted by Gasteiger charge is -2.04. The lowest BCUT2D eigenvalue weighted by atomic mass is 10.1. The van der Waals surface area contributed by atoms with Gasteiger partial charge in [-0.1, -0.05) is 48.5 Å². The van der Waals surface area contributed by atoms with E-state index in [2.05, 4.69) is 5.32 Å². The standard InChI is InChI=1S/C20H15NO3S/c22-17(11-10-13-6-2-1-3-7-13)21-19-18-15(12-25-19)14-8-4-5-9-16(14)24-20(18)23/h1-9,12H,10-11H2,(H,21,22). The molecular formula is C20H15NO3S. The summed E-state index contributed by atoms with van der Waals surface area (Å²) in [5, 5.41) is 7.43. The lowest BCUT2D eigenvalue weighted by Crippen LogP contribution is -2.13. The summed E-state index contributed by atoms with van der Waals surface area (Å²) in [6.45, 7) is 0. The number of thiophene rings is 1. The normalized spacial score (nSPS) is 11.0. The van der Waals surface area contributed by atoms with Gasteiger partial charge in [-0.15, -0.1) is 11.3 Å². The minimum atomic E-state index is -0.423. The van der Waals surface area contributed by atoms with Gasteiger partial charge in [0.1, 0.15) is 16.0 Å². The van der Waals surface area contributed by atoms with Crippen molar-refractivity contribution in [1.29, 1.82) is 0 Å². The monoisotopic (exact) mass is 349 g/mol. The van der Waals surface area contributed by atoms with Crippen LogP contribution in [0.2, 0.25) is 0 Å². The van der Waals surface area contributed by atoms with Gasteiger partial charge in [-0.05, 0) is 18.1 Å². The molecule has 0 unspecified atom stereocenters. The molecule has 1 N–H and O–H groups in total. The molecule has 0 fully saturated rings. The van der Waals surface area contributed by atoms with E-state index in [0.29, 0.717) is 28.8 Å². The summed E-state index contributed by atoms with van der Waals surface area (Å²) in [4.78, 5) is 24.6. The van der Waals surface area contributed by atoms with E-state index in [1.54, 1.807) is 6.07 Å². The molecule has 0 atom stereocenters. The number of hydrogen-bond acceptors (Lipinski definition) is 4. The van der Waals surface area contributed by atoms with Gasteiger partial charge in [0.25, 0.3) is 0 Å². The molecule has 2 heterocycles. The van der Waals surface area contributed by atoms with Crippen molar-refractivity contribution in [3.63, 3.8) is 0 Å². The molecule has 1 amide bonds. The number of nitrogens with one attached hydrogen (secondary N) is 1. The Labute approximate surface area is 147 Å². The molecular weight excluding hydrogens is 334 g/mol. The van der Waals surface area contributed by atoms with Crippen molar-refractivity contribution in [2.24, 2.45) is 0 Å². The van der Waals surface area contributed by atoms with Gasteiger partial charge in [0, 0.05) is 22.6 Å². The Balaban J connectivity index is 1.60. The number of benzene rings is 2. The van der Waals surface area contributed by atoms with E-state index >= 15 is 0 Å². The van der Waals surface area contributed by atoms with Crippen molar-refractivity contribution in [3.8, 4) is 0 Å². The predicted octanol–water partition coefficient (Wildman–Crippen LogP) is 4.58. The van der Waals surface area contributed by atoms with E-state index in [1.165, 1.54) is 11.3 Å². The van der Waals surface area contributed by atoms with Crippen LogP contribution in [-0.2, 0) is 11.2 Å². The van der Waals surface area contributed by atoms with E-state index in [9.17, 15) is 9.59 Å². The second kappa shape index (κ2) is 6.53. The largest absolute Gasteiger partial charge is 0.422 e. The molecule has 2 aromatic carbocycles. The van der Waals surface area contributed by atoms with E-state index in [4.69, 9.17) is 4.42 Å². The summed E-state index contributed by atoms with van der Waals surface area (Å²) in [5.41, 5.74) is 1.24. The first-order chi connectivity index (χ1) is 12.2. The fraction of sp³-hybridized carbons (Fsp3) is 0.100. The number of hydrogen-bond donors (Lipinski definition) is 1. The molecule has 0 saturated carbocycles. The number of aryl methyl sites for hydroxylation is 1. The van der Waals surface area contributed by atoms with Gasteiger partial charge in [-0.25, -0.2) is 4.79 Å². The highest BCUT2D eigenvalue weighted by Gasteiger charge is 2.15. The molecule has 4 aromatic rings. The molecule has 25 heavy (non-hydrogen) atoms. The summed E-state index contributed by atoms with van der Waals surface area (Å²) >= 11 is 1.35. The van der Waals surface area contributed by atoms with Crippen LogP contribution >= 0.6 is 11.3 Å². The minimum Gasteiger partial charge on any atom is -0.422 e. The maximum absolute atomic E-state index is 12.3. The molecule has 2 aromatic heterocycles. The van der Waals surface area contributed by atoms with Crippen LogP contribution < -0.4 is 10.9 Å². The number of rotatable bonds is 4. The zero-order valence-corrected chi connectivity index (χ0v) is 14.1. The average Bonchev–Trinajstić information content (AvgIpc) is 3.05. The predicted molar refractivity (Wildman–Crippen MR) is 101 cm³/mol. The Morgan fingerprint density at radius 1 is 1.00 bits per heavy atom. The SMILES string of the molecule is O=C(CCc1ccccc1)Nc1scc2c1c(=O)oc1ccccc12. The smallest absolute Gasteiger partial charge is 0.347 e. The summed E-state index contributed by atoms with van der Waals surface area (Å²) in [5.74, 6) is -0.111. The van der Waals surface area contributed by atoms with E-state index in [0.717, 1.165) is 16.3 Å². The van der Waals surface area contributed by atoms with Crippen LogP contribution in [0, 0.1) is 0 Å². The maximum Gasteiger partial charge on any atom is 0.347 e. The quantitative estimate of drug-likeness (QED) is 0.549. The molecule has 0 aliphatic carbocycles. The molecule has 0 saturated heterocycles. The minimum absolute atomic E-state index is 0.111. The topological polar surface area (TPSA) is 59.3 Å². The maximum atomic E-state index is 12.3. The molecule has 4 rings (SSSR count). The zero-order valence-electron chi connectivity index (χ0n) is 13.3. The zero-order chi connectivity index (χ0) is 17.2. The van der Waals surface area contributed by atoms with Crippen molar-refractivity contribution in [3.05, 3.63) is 76.0 Å². The summed E-state index contributed by atoms with van der Waals surface area (Å²) in [6, 6.07) is 17.3. The summed E-state index contributed by atoms with van der Waals surface area (Å²) in [7, 11) is 0. The van der Waals surface area contributed by atoms with Crippen LogP contribution in [-0.4, -0.2) is 5.91 Å². The van der Waals surface area contributed by atoms with Crippen LogP contribution in [0.25, 0.3) is 21.7 Å². The highest BCUT2D eigenvalue weighted by Crippen LogP contribution is 2.33. The molecule has 0 spiro atoms. The van der Waals surface area contributed by atoms with Crippen molar-refractivity contribution < 1.29 is 9.21 Å². The fourth-order valence-corrected chi connectivity index (χ4v) is 3.84. The van der Waals surface area contributed by atoms with Gasteiger partial charge in [-0.3, -0.25) is 4.79 Å². The molecule has 4 nitrogen and oxygen atoms in total. The Kier molecular flexibility index (Phi) is 4.07. The first-order valence-corrected chi connectivity index (χ1v) is 8.87. The summed E-state index contributed by atoms with van der Waals surface area (Å²) in [6.07, 6.45) is 1.02. The molecule has 0 aliphatic rings. The van der Waals surface area contributed by atoms with Crippen LogP contribution in [0.5, 0.6) is 0 Å². The van der Waals surface area contributed by atoms with E-state index < -0.39 is 5.63 Å². The van der Waals surface area contributed by atoms with Crippen LogP contribution in [0.4, 0.5) is 5.00 Å². The van der Waals surface area contributed by atoms with Crippen molar-refractivity contribution in [1.82, 2.24) is 0 Å². The van der Waals surface area contributed by atoms with Crippen LogP contribution in [0.3, 0.4) is 0 Å². The highest BCUT2D eigenvalue weighted by molar-refractivity contribution is 7.16. The second-order valence-corrected chi connectivity index (χ2v) is 6.65. The number of carbonyl (C=O) groups is 1. The number of anilines is 1. The molecule has 0 bridgehead atoms. The molecule has 0 aliphatic heterocycles. The number of para-hydroxylation sites is 1. The van der Waals surface area contributed by atoms with Crippen LogP contribution in [0.15, 0.2) is 69.2 Å². The first kappa shape index (κ1) is 15.6. The third kappa shape index (κ3) is 3.06. The van der Waals surface area contributed by atoms with Crippen LogP contribution in [0.1, 0.15) is 12.0 Å². The third-order valence-electron chi connectivity index (χ3n) is 4.11. The van der Waals surface area contributed by atoms with E-state index in [-0.39, 0.29) is 5.91 Å². The van der Waals surface area contributed by atoms with Crippen molar-refractivity contribution in [2.45, 2.75) is 12.8 Å². The lowest BCUT2D eigenvalue weighted by molar-refractivity contribution is -0.116. The van der Waals surface area contributed by atoms with E-state index in [1.807, 2.05) is 53.9 Å². The average molecular weight is 349 g/mol. The molecule has 124 valence electrons. The number of carbonyl (C=O) groups excluding carboxylic acids is 1. The highest BCUT2D eigenvalue weighted by atomic mass is 32.1. The summed E-state index contributed by atoms with van der Waals surface area (Å²) < 4.78 is 5.38. The number of fused-ring (bicyclic) bond motifs is 3. The third-order valence-corrected chi connectivity index (χ3v) is 5.01. The van der Waals surface area contributed by atoms with Crippen molar-refractivity contribution in [2.75, 3.05) is 5.32 Å². The molecule has 0 radical (unpaired) electrons.